The van der Waals surface area contributed by atoms with Crippen LogP contribution in [0.2, 0.25) is 0 Å². The topological polar surface area (TPSA) is 113 Å². The molecule has 2 amide bonds. The van der Waals surface area contributed by atoms with E-state index in [1.165, 1.54) is 6.08 Å². The van der Waals surface area contributed by atoms with Crippen molar-refractivity contribution < 1.29 is 23.1 Å². The highest BCUT2D eigenvalue weighted by Crippen LogP contribution is 2.10. The van der Waals surface area contributed by atoms with Crippen LogP contribution < -0.4 is 10.6 Å². The molecule has 0 saturated carbocycles. The van der Waals surface area contributed by atoms with Crippen molar-refractivity contribution in [2.75, 3.05) is 23.9 Å². The average molecular weight is 312 g/mol. The highest BCUT2D eigenvalue weighted by atomic mass is 32.2. The number of aliphatic carboxylic acids is 1. The smallest absolute Gasteiger partial charge is 0.328 e. The minimum Gasteiger partial charge on any atom is -0.478 e. The van der Waals surface area contributed by atoms with E-state index in [4.69, 9.17) is 5.11 Å². The maximum absolute atomic E-state index is 11.5. The minimum atomic E-state index is -3.11. The van der Waals surface area contributed by atoms with Crippen molar-refractivity contribution >= 4 is 33.6 Å². The number of carboxylic acid groups (broad SMARTS) is 1. The third-order valence-electron chi connectivity index (χ3n) is 2.35. The van der Waals surface area contributed by atoms with Crippen LogP contribution in [0.5, 0.6) is 0 Å². The van der Waals surface area contributed by atoms with Gasteiger partial charge in [0.05, 0.1) is 5.75 Å². The van der Waals surface area contributed by atoms with E-state index in [1.807, 2.05) is 0 Å². The van der Waals surface area contributed by atoms with Crippen LogP contribution in [0.3, 0.4) is 0 Å². The van der Waals surface area contributed by atoms with Crippen molar-refractivity contribution in [2.45, 2.75) is 0 Å². The van der Waals surface area contributed by atoms with E-state index in [0.717, 1.165) is 12.3 Å². The summed E-state index contributed by atoms with van der Waals surface area (Å²) in [4.78, 5) is 21.9. The Balaban J connectivity index is 2.48. The number of hydrogen-bond acceptors (Lipinski definition) is 4. The van der Waals surface area contributed by atoms with Crippen LogP contribution in [0.1, 0.15) is 5.56 Å². The Labute approximate surface area is 122 Å². The molecular weight excluding hydrogens is 296 g/mol. The van der Waals surface area contributed by atoms with E-state index in [9.17, 15) is 18.0 Å². The Morgan fingerprint density at radius 3 is 2.38 bits per heavy atom. The lowest BCUT2D eigenvalue weighted by Gasteiger charge is -2.07. The summed E-state index contributed by atoms with van der Waals surface area (Å²) in [6.07, 6.45) is 3.54. The summed E-state index contributed by atoms with van der Waals surface area (Å²) in [6.45, 7) is 0.0318. The minimum absolute atomic E-state index is 0.0318. The molecule has 1 aromatic rings. The number of urea groups is 1. The van der Waals surface area contributed by atoms with Gasteiger partial charge in [0.1, 0.15) is 9.84 Å². The first kappa shape index (κ1) is 16.7. The van der Waals surface area contributed by atoms with Gasteiger partial charge in [-0.05, 0) is 23.8 Å². The molecule has 0 aliphatic heterocycles. The lowest BCUT2D eigenvalue weighted by Crippen LogP contribution is -2.32. The first-order valence-corrected chi connectivity index (χ1v) is 8.06. The molecule has 0 aromatic heterocycles. The fourth-order valence-electron chi connectivity index (χ4n) is 1.37. The number of anilines is 1. The Kier molecular flexibility index (Phi) is 5.92. The van der Waals surface area contributed by atoms with Gasteiger partial charge >= 0.3 is 12.0 Å². The summed E-state index contributed by atoms with van der Waals surface area (Å²) in [5, 5.41) is 13.4. The highest BCUT2D eigenvalue weighted by molar-refractivity contribution is 7.90. The largest absolute Gasteiger partial charge is 0.478 e. The highest BCUT2D eigenvalue weighted by Gasteiger charge is 2.04. The van der Waals surface area contributed by atoms with Crippen LogP contribution in [0, 0.1) is 0 Å². The maximum Gasteiger partial charge on any atom is 0.328 e. The molecule has 0 fully saturated rings. The summed E-state index contributed by atoms with van der Waals surface area (Å²) < 4.78 is 21.8. The molecule has 21 heavy (non-hydrogen) atoms. The van der Waals surface area contributed by atoms with Crippen LogP contribution in [0.15, 0.2) is 30.3 Å². The number of carbonyl (C=O) groups excluding carboxylic acids is 1. The van der Waals surface area contributed by atoms with Crippen molar-refractivity contribution in [3.05, 3.63) is 35.9 Å². The molecule has 0 bridgehead atoms. The predicted octanol–water partition coefficient (Wildman–Crippen LogP) is 0.950. The molecule has 3 N–H and O–H groups in total. The molecule has 114 valence electrons. The SMILES string of the molecule is CS(=O)(=O)CCNC(=O)Nc1ccc(/C=C/C(=O)O)cc1. The zero-order valence-electron chi connectivity index (χ0n) is 11.4. The van der Waals surface area contributed by atoms with Crippen molar-refractivity contribution in [3.8, 4) is 0 Å². The average Bonchev–Trinajstić information content (AvgIpc) is 2.36. The summed E-state index contributed by atoms with van der Waals surface area (Å²) in [5.41, 5.74) is 1.19. The Morgan fingerprint density at radius 2 is 1.86 bits per heavy atom. The van der Waals surface area contributed by atoms with Gasteiger partial charge in [-0.15, -0.1) is 0 Å². The molecule has 0 aliphatic carbocycles. The molecule has 1 aromatic carbocycles. The maximum atomic E-state index is 11.5. The van der Waals surface area contributed by atoms with Gasteiger partial charge in [0.25, 0.3) is 0 Å². The van der Waals surface area contributed by atoms with Crippen molar-refractivity contribution in [3.63, 3.8) is 0 Å². The van der Waals surface area contributed by atoms with Gasteiger partial charge in [-0.25, -0.2) is 18.0 Å². The first-order chi connectivity index (χ1) is 9.76. The molecule has 0 unspecified atom stereocenters. The number of nitrogens with one attached hydrogen (secondary N) is 2. The number of sulfone groups is 1. The standard InChI is InChI=1S/C13H16N2O5S/c1-21(19,20)9-8-14-13(18)15-11-5-2-10(3-6-11)4-7-12(16)17/h2-7H,8-9H2,1H3,(H,16,17)(H2,14,15,18)/b7-4+. The number of carboxylic acids is 1. The van der Waals surface area contributed by atoms with E-state index in [-0.39, 0.29) is 12.3 Å². The van der Waals surface area contributed by atoms with Crippen LogP contribution in [-0.4, -0.2) is 44.1 Å². The lowest BCUT2D eigenvalue weighted by molar-refractivity contribution is -0.131. The molecule has 0 aliphatic rings. The van der Waals surface area contributed by atoms with Gasteiger partial charge in [0, 0.05) is 24.6 Å². The molecule has 8 heteroatoms. The second-order valence-corrected chi connectivity index (χ2v) is 6.56. The van der Waals surface area contributed by atoms with Gasteiger partial charge in [0.15, 0.2) is 0 Å². The number of benzene rings is 1. The summed E-state index contributed by atoms with van der Waals surface area (Å²) in [6, 6.07) is 6.00. The molecular formula is C13H16N2O5S. The first-order valence-electron chi connectivity index (χ1n) is 6.00. The van der Waals surface area contributed by atoms with Gasteiger partial charge in [0.2, 0.25) is 0 Å². The van der Waals surface area contributed by atoms with Crippen LogP contribution in [-0.2, 0) is 14.6 Å². The van der Waals surface area contributed by atoms with Crippen LogP contribution in [0.4, 0.5) is 10.5 Å². The zero-order chi connectivity index (χ0) is 15.9. The lowest BCUT2D eigenvalue weighted by atomic mass is 10.2. The summed E-state index contributed by atoms with van der Waals surface area (Å²) in [7, 11) is -3.11. The summed E-state index contributed by atoms with van der Waals surface area (Å²) in [5.74, 6) is -1.17. The second kappa shape index (κ2) is 7.44. The molecule has 0 saturated heterocycles. The number of rotatable bonds is 6. The van der Waals surface area contributed by atoms with E-state index >= 15 is 0 Å². The number of hydrogen-bond donors (Lipinski definition) is 3. The van der Waals surface area contributed by atoms with Gasteiger partial charge < -0.3 is 15.7 Å². The van der Waals surface area contributed by atoms with Crippen LogP contribution in [0.25, 0.3) is 6.08 Å². The Morgan fingerprint density at radius 1 is 1.24 bits per heavy atom. The van der Waals surface area contributed by atoms with Crippen molar-refractivity contribution in [2.24, 2.45) is 0 Å². The molecule has 0 heterocycles. The third-order valence-corrected chi connectivity index (χ3v) is 3.29. The van der Waals surface area contributed by atoms with Crippen molar-refractivity contribution in [1.29, 1.82) is 0 Å². The zero-order valence-corrected chi connectivity index (χ0v) is 12.2. The fraction of sp³-hybridized carbons (Fsp3) is 0.231. The van der Waals surface area contributed by atoms with E-state index < -0.39 is 21.8 Å². The number of amides is 2. The van der Waals surface area contributed by atoms with Crippen LogP contribution >= 0.6 is 0 Å². The second-order valence-electron chi connectivity index (χ2n) is 4.30. The molecule has 0 spiro atoms. The molecule has 0 radical (unpaired) electrons. The van der Waals surface area contributed by atoms with Crippen molar-refractivity contribution in [1.82, 2.24) is 5.32 Å². The Bertz CT molecular complexity index is 635. The quantitative estimate of drug-likeness (QED) is 0.677. The summed E-state index contributed by atoms with van der Waals surface area (Å²) >= 11 is 0. The fourth-order valence-corrected chi connectivity index (χ4v) is 1.84. The van der Waals surface area contributed by atoms with Gasteiger partial charge in [-0.3, -0.25) is 0 Å². The Hall–Kier alpha value is -2.35. The monoisotopic (exact) mass is 312 g/mol. The molecule has 1 rings (SSSR count). The van der Waals surface area contributed by atoms with E-state index in [2.05, 4.69) is 10.6 Å². The number of carbonyl (C=O) groups is 2. The van der Waals surface area contributed by atoms with Gasteiger partial charge in [-0.1, -0.05) is 12.1 Å². The molecule has 0 atom stereocenters. The van der Waals surface area contributed by atoms with E-state index in [1.54, 1.807) is 24.3 Å². The third kappa shape index (κ3) is 7.73. The normalized spacial score (nSPS) is 11.3. The predicted molar refractivity (Wildman–Crippen MR) is 79.8 cm³/mol. The van der Waals surface area contributed by atoms with Gasteiger partial charge in [-0.2, -0.15) is 0 Å². The molecule has 7 nitrogen and oxygen atoms in total. The van der Waals surface area contributed by atoms with E-state index in [0.29, 0.717) is 11.3 Å².